The predicted molar refractivity (Wildman–Crippen MR) is 44.4 cm³/mol. The van der Waals surface area contributed by atoms with Crippen LogP contribution in [0.4, 0.5) is 4.79 Å². The zero-order valence-corrected chi connectivity index (χ0v) is 7.18. The molecule has 0 radical (unpaired) electrons. The number of carbonyl (C=O) groups excluding carboxylic acids is 1. The Labute approximate surface area is 67.5 Å². The summed E-state index contributed by atoms with van der Waals surface area (Å²) in [6.45, 7) is 5.10. The summed E-state index contributed by atoms with van der Waals surface area (Å²) < 4.78 is 0. The summed E-state index contributed by atoms with van der Waals surface area (Å²) in [5.41, 5.74) is 0. The summed E-state index contributed by atoms with van der Waals surface area (Å²) in [6.07, 6.45) is 2.16. The molecule has 1 aliphatic rings. The highest BCUT2D eigenvalue weighted by Gasteiger charge is 2.24. The lowest BCUT2D eigenvalue weighted by Gasteiger charge is -2.31. The molecule has 0 bridgehead atoms. The number of amides is 2. The van der Waals surface area contributed by atoms with Crippen molar-refractivity contribution in [3.05, 3.63) is 0 Å². The molecule has 1 heterocycles. The third-order valence-corrected chi connectivity index (χ3v) is 2.37. The highest BCUT2D eigenvalue weighted by atomic mass is 16.2. The highest BCUT2D eigenvalue weighted by molar-refractivity contribution is 5.75. The fourth-order valence-corrected chi connectivity index (χ4v) is 1.57. The minimum atomic E-state index is -0.0125. The van der Waals surface area contributed by atoms with E-state index >= 15 is 0 Å². The van der Waals surface area contributed by atoms with Gasteiger partial charge >= 0.3 is 6.03 Å². The minimum Gasteiger partial charge on any atom is -0.338 e. The summed E-state index contributed by atoms with van der Waals surface area (Å²) in [5, 5.41) is 5.71. The Morgan fingerprint density at radius 1 is 1.45 bits per heavy atom. The van der Waals surface area contributed by atoms with E-state index in [-0.39, 0.29) is 6.03 Å². The Morgan fingerprint density at radius 3 is 2.73 bits per heavy atom. The van der Waals surface area contributed by atoms with Gasteiger partial charge in [0.1, 0.15) is 0 Å². The van der Waals surface area contributed by atoms with Crippen molar-refractivity contribution >= 4 is 6.03 Å². The van der Waals surface area contributed by atoms with Crippen LogP contribution in [0.25, 0.3) is 0 Å². The van der Waals surface area contributed by atoms with Crippen molar-refractivity contribution in [3.8, 4) is 0 Å². The molecule has 3 nitrogen and oxygen atoms in total. The van der Waals surface area contributed by atoms with Gasteiger partial charge in [0.15, 0.2) is 0 Å². The fraction of sp³-hybridized carbons (Fsp3) is 0.875. The lowest BCUT2D eigenvalue weighted by atomic mass is 9.93. The Bertz CT molecular complexity index is 147. The van der Waals surface area contributed by atoms with Gasteiger partial charge in [0.25, 0.3) is 0 Å². The van der Waals surface area contributed by atoms with Crippen molar-refractivity contribution in [2.24, 2.45) is 5.92 Å². The van der Waals surface area contributed by atoms with E-state index in [2.05, 4.69) is 24.5 Å². The summed E-state index contributed by atoms with van der Waals surface area (Å²) in [4.78, 5) is 10.9. The van der Waals surface area contributed by atoms with E-state index in [1.165, 1.54) is 0 Å². The van der Waals surface area contributed by atoms with Crippen LogP contribution < -0.4 is 10.6 Å². The SMILES string of the molecule is CCC1CNC(=O)NC1CC. The zero-order chi connectivity index (χ0) is 8.27. The smallest absolute Gasteiger partial charge is 0.315 e. The topological polar surface area (TPSA) is 41.1 Å². The first-order valence-electron chi connectivity index (χ1n) is 4.32. The summed E-state index contributed by atoms with van der Waals surface area (Å²) >= 11 is 0. The standard InChI is InChI=1S/C8H16N2O/c1-3-6-5-9-8(11)10-7(6)4-2/h6-7H,3-5H2,1-2H3,(H2,9,10,11). The molecule has 3 heteroatoms. The van der Waals surface area contributed by atoms with E-state index in [0.29, 0.717) is 12.0 Å². The second kappa shape index (κ2) is 3.60. The largest absolute Gasteiger partial charge is 0.338 e. The van der Waals surface area contributed by atoms with Crippen molar-refractivity contribution < 1.29 is 4.79 Å². The van der Waals surface area contributed by atoms with Gasteiger partial charge in [-0.05, 0) is 18.8 Å². The third kappa shape index (κ3) is 1.85. The van der Waals surface area contributed by atoms with Crippen molar-refractivity contribution in [3.63, 3.8) is 0 Å². The molecule has 1 saturated heterocycles. The van der Waals surface area contributed by atoms with Crippen LogP contribution >= 0.6 is 0 Å². The van der Waals surface area contributed by atoms with Crippen LogP contribution in [-0.2, 0) is 0 Å². The molecule has 0 aromatic rings. The number of urea groups is 1. The van der Waals surface area contributed by atoms with Gasteiger partial charge in [-0.15, -0.1) is 0 Å². The maximum absolute atomic E-state index is 10.9. The molecule has 0 saturated carbocycles. The molecule has 0 spiro atoms. The highest BCUT2D eigenvalue weighted by Crippen LogP contribution is 2.13. The van der Waals surface area contributed by atoms with Gasteiger partial charge < -0.3 is 10.6 Å². The van der Waals surface area contributed by atoms with E-state index < -0.39 is 0 Å². The molecular weight excluding hydrogens is 140 g/mol. The van der Waals surface area contributed by atoms with Crippen molar-refractivity contribution in [2.45, 2.75) is 32.7 Å². The van der Waals surface area contributed by atoms with Crippen molar-refractivity contribution in [1.82, 2.24) is 10.6 Å². The van der Waals surface area contributed by atoms with Gasteiger partial charge in [0.2, 0.25) is 0 Å². The Morgan fingerprint density at radius 2 is 2.18 bits per heavy atom. The van der Waals surface area contributed by atoms with E-state index in [1.54, 1.807) is 0 Å². The van der Waals surface area contributed by atoms with Crippen LogP contribution in [0.5, 0.6) is 0 Å². The first kappa shape index (κ1) is 8.37. The second-order valence-electron chi connectivity index (χ2n) is 3.04. The second-order valence-corrected chi connectivity index (χ2v) is 3.04. The van der Waals surface area contributed by atoms with Crippen LogP contribution in [0.3, 0.4) is 0 Å². The third-order valence-electron chi connectivity index (χ3n) is 2.37. The average molecular weight is 156 g/mol. The van der Waals surface area contributed by atoms with Crippen LogP contribution in [-0.4, -0.2) is 18.6 Å². The first-order chi connectivity index (χ1) is 5.27. The number of hydrogen-bond acceptors (Lipinski definition) is 1. The molecule has 2 N–H and O–H groups in total. The fourth-order valence-electron chi connectivity index (χ4n) is 1.57. The van der Waals surface area contributed by atoms with Gasteiger partial charge in [-0.25, -0.2) is 4.79 Å². The number of hydrogen-bond donors (Lipinski definition) is 2. The molecule has 1 aliphatic heterocycles. The molecule has 2 atom stereocenters. The number of rotatable bonds is 2. The molecule has 2 amide bonds. The van der Waals surface area contributed by atoms with Gasteiger partial charge in [-0.1, -0.05) is 13.8 Å². The molecule has 64 valence electrons. The predicted octanol–water partition coefficient (Wildman–Crippen LogP) is 1.10. The Kier molecular flexibility index (Phi) is 2.74. The van der Waals surface area contributed by atoms with E-state index in [0.717, 1.165) is 19.4 Å². The van der Waals surface area contributed by atoms with Gasteiger partial charge in [0.05, 0.1) is 0 Å². The van der Waals surface area contributed by atoms with Gasteiger partial charge in [0, 0.05) is 12.6 Å². The van der Waals surface area contributed by atoms with Crippen LogP contribution in [0.15, 0.2) is 0 Å². The first-order valence-corrected chi connectivity index (χ1v) is 4.32. The van der Waals surface area contributed by atoms with Gasteiger partial charge in [-0.3, -0.25) is 0 Å². The summed E-state index contributed by atoms with van der Waals surface area (Å²) in [7, 11) is 0. The van der Waals surface area contributed by atoms with Crippen LogP contribution in [0.2, 0.25) is 0 Å². The van der Waals surface area contributed by atoms with Crippen molar-refractivity contribution in [1.29, 1.82) is 0 Å². The van der Waals surface area contributed by atoms with Gasteiger partial charge in [-0.2, -0.15) is 0 Å². The monoisotopic (exact) mass is 156 g/mol. The quantitative estimate of drug-likeness (QED) is 0.617. The molecule has 0 aliphatic carbocycles. The van der Waals surface area contributed by atoms with Crippen LogP contribution in [0, 0.1) is 5.92 Å². The molecule has 0 aromatic carbocycles. The number of nitrogens with one attached hydrogen (secondary N) is 2. The molecule has 1 rings (SSSR count). The Hall–Kier alpha value is -0.730. The minimum absolute atomic E-state index is 0.0125. The van der Waals surface area contributed by atoms with Crippen LogP contribution in [0.1, 0.15) is 26.7 Å². The molecule has 2 unspecified atom stereocenters. The maximum Gasteiger partial charge on any atom is 0.315 e. The maximum atomic E-state index is 10.9. The lowest BCUT2D eigenvalue weighted by molar-refractivity contribution is 0.210. The molecule has 0 aromatic heterocycles. The molecular formula is C8H16N2O. The van der Waals surface area contributed by atoms with E-state index in [1.807, 2.05) is 0 Å². The summed E-state index contributed by atoms with van der Waals surface area (Å²) in [6, 6.07) is 0.371. The van der Waals surface area contributed by atoms with E-state index in [9.17, 15) is 4.79 Å². The summed E-state index contributed by atoms with van der Waals surface area (Å²) in [5.74, 6) is 0.609. The zero-order valence-electron chi connectivity index (χ0n) is 7.18. The molecule has 1 fully saturated rings. The average Bonchev–Trinajstić information content (AvgIpc) is 2.04. The molecule has 11 heavy (non-hydrogen) atoms. The van der Waals surface area contributed by atoms with E-state index in [4.69, 9.17) is 0 Å². The number of carbonyl (C=O) groups is 1. The Balaban J connectivity index is 2.48. The van der Waals surface area contributed by atoms with Crippen molar-refractivity contribution in [2.75, 3.05) is 6.54 Å². The lowest BCUT2D eigenvalue weighted by Crippen LogP contribution is -2.54. The normalized spacial score (nSPS) is 30.9.